The maximum Gasteiger partial charge on any atom is 0.328 e. The van der Waals surface area contributed by atoms with Crippen LogP contribution in [0.1, 0.15) is 15.9 Å². The van der Waals surface area contributed by atoms with Crippen LogP contribution in [0.5, 0.6) is 17.2 Å². The first-order valence-electron chi connectivity index (χ1n) is 9.28. The second-order valence-electron chi connectivity index (χ2n) is 6.35. The van der Waals surface area contributed by atoms with Crippen molar-refractivity contribution in [2.45, 2.75) is 11.3 Å². The highest BCUT2D eigenvalue weighted by atomic mass is 35.5. The van der Waals surface area contributed by atoms with Crippen molar-refractivity contribution in [3.63, 3.8) is 0 Å². The highest BCUT2D eigenvalue weighted by Crippen LogP contribution is 2.32. The largest absolute Gasteiger partial charge is 0.496 e. The molecule has 0 radical (unpaired) electrons. The van der Waals surface area contributed by atoms with Gasteiger partial charge in [0.2, 0.25) is 0 Å². The number of halogens is 1. The van der Waals surface area contributed by atoms with Crippen LogP contribution in [0, 0.1) is 0 Å². The van der Waals surface area contributed by atoms with E-state index in [1.54, 1.807) is 12.1 Å². The summed E-state index contributed by atoms with van der Waals surface area (Å²) < 4.78 is 42.8. The summed E-state index contributed by atoms with van der Waals surface area (Å²) in [7, 11) is 1.23. The van der Waals surface area contributed by atoms with Crippen molar-refractivity contribution in [1.82, 2.24) is 15.4 Å². The number of urea groups is 1. The van der Waals surface area contributed by atoms with E-state index in [-0.39, 0.29) is 29.2 Å². The number of amides is 3. The monoisotopic (exact) mass is 485 g/mol. The van der Waals surface area contributed by atoms with E-state index in [0.717, 1.165) is 0 Å². The third kappa shape index (κ3) is 5.95. The normalized spacial score (nSPS) is 10.8. The molecular weight excluding hydrogens is 462 g/mol. The molecule has 3 N–H and O–H groups in total. The van der Waals surface area contributed by atoms with E-state index in [1.165, 1.54) is 46.6 Å². The summed E-state index contributed by atoms with van der Waals surface area (Å²) in [5.74, 6) is 0.304. The molecule has 0 unspecified atom stereocenters. The fourth-order valence-corrected chi connectivity index (χ4v) is 4.16. The Bertz CT molecular complexity index is 1110. The van der Waals surface area contributed by atoms with Gasteiger partial charge in [0.15, 0.2) is 0 Å². The number of hydrogen-bond donors (Lipinski definition) is 3. The highest BCUT2D eigenvalue weighted by Gasteiger charge is 2.24. The van der Waals surface area contributed by atoms with E-state index >= 15 is 0 Å². The second-order valence-corrected chi connectivity index (χ2v) is 8.44. The van der Waals surface area contributed by atoms with Crippen molar-refractivity contribution in [1.29, 1.82) is 0 Å². The van der Waals surface area contributed by atoms with Gasteiger partial charge in [-0.2, -0.15) is 0 Å². The topological polar surface area (TPSA) is 132 Å². The molecule has 0 atom stereocenters. The lowest BCUT2D eigenvalue weighted by molar-refractivity contribution is 0.0951. The van der Waals surface area contributed by atoms with E-state index in [0.29, 0.717) is 22.1 Å². The molecule has 0 aliphatic rings. The summed E-state index contributed by atoms with van der Waals surface area (Å²) in [5, 5.41) is 5.30. The Morgan fingerprint density at radius 1 is 0.969 bits per heavy atom. The third-order valence-corrected chi connectivity index (χ3v) is 5.98. The van der Waals surface area contributed by atoms with Gasteiger partial charge in [-0.1, -0.05) is 11.6 Å². The van der Waals surface area contributed by atoms with Gasteiger partial charge in [-0.3, -0.25) is 4.79 Å². The van der Waals surface area contributed by atoms with Crippen LogP contribution in [0.2, 0.25) is 5.02 Å². The molecule has 0 saturated heterocycles. The number of rotatable bonds is 9. The molecule has 0 fully saturated rings. The Kier molecular flexibility index (Phi) is 8.56. The Balaban J connectivity index is 2.27. The average molecular weight is 486 g/mol. The fraction of sp³-hybridized carbons (Fsp3) is 0.300. The zero-order valence-corrected chi connectivity index (χ0v) is 19.5. The molecule has 0 saturated carbocycles. The minimum atomic E-state index is -4.22. The Labute approximate surface area is 191 Å². The summed E-state index contributed by atoms with van der Waals surface area (Å²) >= 11 is 5.97. The van der Waals surface area contributed by atoms with E-state index < -0.39 is 22.0 Å². The summed E-state index contributed by atoms with van der Waals surface area (Å²) in [6.07, 6.45) is 0.226. The number of benzene rings is 2. The smallest absolute Gasteiger partial charge is 0.328 e. The number of carbonyl (C=O) groups excluding carboxylic acids is 2. The predicted octanol–water partition coefficient (Wildman–Crippen LogP) is 1.96. The highest BCUT2D eigenvalue weighted by molar-refractivity contribution is 7.90. The molecule has 2 aromatic rings. The summed E-state index contributed by atoms with van der Waals surface area (Å²) in [6, 6.07) is 6.50. The van der Waals surface area contributed by atoms with Crippen LogP contribution < -0.4 is 29.6 Å². The van der Waals surface area contributed by atoms with Crippen molar-refractivity contribution < 1.29 is 32.2 Å². The number of ether oxygens (including phenoxy) is 3. The van der Waals surface area contributed by atoms with Crippen molar-refractivity contribution in [2.24, 2.45) is 0 Å². The van der Waals surface area contributed by atoms with Crippen molar-refractivity contribution in [2.75, 3.05) is 34.9 Å². The van der Waals surface area contributed by atoms with Crippen LogP contribution in [-0.4, -0.2) is 55.3 Å². The Morgan fingerprint density at radius 3 is 2.22 bits per heavy atom. The van der Waals surface area contributed by atoms with Gasteiger partial charge in [0.25, 0.3) is 15.9 Å². The molecule has 32 heavy (non-hydrogen) atoms. The predicted molar refractivity (Wildman–Crippen MR) is 118 cm³/mol. The maximum absolute atomic E-state index is 12.6. The van der Waals surface area contributed by atoms with Crippen LogP contribution in [0.4, 0.5) is 4.79 Å². The minimum absolute atomic E-state index is 0.00491. The molecule has 0 aliphatic carbocycles. The molecule has 12 heteroatoms. The van der Waals surface area contributed by atoms with Gasteiger partial charge in [-0.05, 0) is 36.2 Å². The Morgan fingerprint density at radius 2 is 1.62 bits per heavy atom. The van der Waals surface area contributed by atoms with Gasteiger partial charge < -0.3 is 24.8 Å². The van der Waals surface area contributed by atoms with Crippen molar-refractivity contribution in [3.05, 3.63) is 46.5 Å². The molecule has 0 aliphatic heterocycles. The van der Waals surface area contributed by atoms with Crippen LogP contribution in [0.15, 0.2) is 35.2 Å². The minimum Gasteiger partial charge on any atom is -0.496 e. The van der Waals surface area contributed by atoms with E-state index in [2.05, 4.69) is 10.6 Å². The van der Waals surface area contributed by atoms with E-state index in [4.69, 9.17) is 25.8 Å². The molecular formula is C20H24ClN3O7S. The van der Waals surface area contributed by atoms with Gasteiger partial charge in [0.05, 0.1) is 26.9 Å². The number of hydrogen-bond acceptors (Lipinski definition) is 7. The van der Waals surface area contributed by atoms with Crippen molar-refractivity contribution >= 4 is 33.6 Å². The van der Waals surface area contributed by atoms with E-state index in [9.17, 15) is 18.0 Å². The number of carbonyl (C=O) groups is 2. The van der Waals surface area contributed by atoms with Crippen LogP contribution in [0.3, 0.4) is 0 Å². The SMILES string of the molecule is CNC(=O)NS(=O)(=O)c1cc(CCNC(=O)c2cc(Cl)ccc2OC)c(OC)cc1OC. The number of nitrogens with one attached hydrogen (secondary N) is 3. The molecule has 0 aromatic heterocycles. The molecule has 0 spiro atoms. The lowest BCUT2D eigenvalue weighted by Gasteiger charge is -2.16. The van der Waals surface area contributed by atoms with Gasteiger partial charge in [0.1, 0.15) is 22.1 Å². The van der Waals surface area contributed by atoms with Gasteiger partial charge in [0, 0.05) is 24.7 Å². The van der Waals surface area contributed by atoms with Crippen molar-refractivity contribution in [3.8, 4) is 17.2 Å². The zero-order valence-electron chi connectivity index (χ0n) is 17.9. The molecule has 2 aromatic carbocycles. The molecule has 2 rings (SSSR count). The molecule has 10 nitrogen and oxygen atoms in total. The van der Waals surface area contributed by atoms with Gasteiger partial charge in [-0.15, -0.1) is 0 Å². The number of methoxy groups -OCH3 is 3. The lowest BCUT2D eigenvalue weighted by atomic mass is 10.1. The average Bonchev–Trinajstić information content (AvgIpc) is 2.78. The molecule has 3 amide bonds. The summed E-state index contributed by atoms with van der Waals surface area (Å²) in [6.45, 7) is 0.152. The van der Waals surface area contributed by atoms with Crippen LogP contribution in [0.25, 0.3) is 0 Å². The third-order valence-electron chi connectivity index (χ3n) is 4.40. The van der Waals surface area contributed by atoms with Crippen LogP contribution in [-0.2, 0) is 16.4 Å². The van der Waals surface area contributed by atoms with Gasteiger partial charge in [-0.25, -0.2) is 17.9 Å². The fourth-order valence-electron chi connectivity index (χ4n) is 2.83. The van der Waals surface area contributed by atoms with Gasteiger partial charge >= 0.3 is 6.03 Å². The second kappa shape index (κ2) is 10.9. The zero-order chi connectivity index (χ0) is 23.9. The first-order chi connectivity index (χ1) is 15.2. The standard InChI is InChI=1S/C20H24ClN3O7S/c1-22-20(26)24-32(27,28)18-9-12(16(30-3)11-17(18)31-4)7-8-23-19(25)14-10-13(21)5-6-15(14)29-2/h5-6,9-11H,7-8H2,1-4H3,(H,23,25)(H2,22,24,26). The quantitative estimate of drug-likeness (QED) is 0.494. The Hall–Kier alpha value is -3.18. The molecule has 0 bridgehead atoms. The molecule has 174 valence electrons. The summed E-state index contributed by atoms with van der Waals surface area (Å²) in [4.78, 5) is 23.8. The molecule has 0 heterocycles. The van der Waals surface area contributed by atoms with E-state index in [1.807, 2.05) is 4.72 Å². The lowest BCUT2D eigenvalue weighted by Crippen LogP contribution is -2.37. The first-order valence-corrected chi connectivity index (χ1v) is 11.1. The first kappa shape index (κ1) is 25.1. The van der Waals surface area contributed by atoms with Crippen LogP contribution >= 0.6 is 11.6 Å². The summed E-state index contributed by atoms with van der Waals surface area (Å²) in [5.41, 5.74) is 0.740. The number of sulfonamides is 1. The maximum atomic E-state index is 12.6.